The van der Waals surface area contributed by atoms with Crippen molar-refractivity contribution in [3.8, 4) is 11.4 Å². The Kier molecular flexibility index (Phi) is 7.25. The second kappa shape index (κ2) is 10.3. The molecule has 1 aliphatic rings. The van der Waals surface area contributed by atoms with E-state index in [1.54, 1.807) is 13.3 Å². The molecule has 0 radical (unpaired) electrons. The van der Waals surface area contributed by atoms with E-state index in [1.807, 2.05) is 16.9 Å². The van der Waals surface area contributed by atoms with Gasteiger partial charge in [0, 0.05) is 57.8 Å². The van der Waals surface area contributed by atoms with Crippen LogP contribution in [-0.4, -0.2) is 64.1 Å². The Labute approximate surface area is 191 Å². The highest BCUT2D eigenvalue weighted by atomic mass is 16.5. The minimum atomic E-state index is 0.216. The zero-order valence-corrected chi connectivity index (χ0v) is 19.4. The molecule has 0 amide bonds. The number of rotatable bonds is 8. The first-order chi connectivity index (χ1) is 15.6. The van der Waals surface area contributed by atoms with Gasteiger partial charge in [-0.3, -0.25) is 9.80 Å². The number of ether oxygens (including phenoxy) is 1. The van der Waals surface area contributed by atoms with Gasteiger partial charge in [-0.1, -0.05) is 18.2 Å². The van der Waals surface area contributed by atoms with Gasteiger partial charge in [0.2, 0.25) is 0 Å². The molecule has 3 aromatic rings. The molecule has 2 aromatic carbocycles. The smallest absolute Gasteiger partial charge is 0.122 e. The summed E-state index contributed by atoms with van der Waals surface area (Å²) in [6.07, 6.45) is 4.55. The summed E-state index contributed by atoms with van der Waals surface area (Å²) in [5.74, 6) is 0.946. The van der Waals surface area contributed by atoms with Crippen LogP contribution in [0.3, 0.4) is 0 Å². The van der Waals surface area contributed by atoms with Crippen molar-refractivity contribution in [2.24, 2.45) is 0 Å². The van der Waals surface area contributed by atoms with Crippen LogP contribution < -0.4 is 4.74 Å². The highest BCUT2D eigenvalue weighted by Gasteiger charge is 2.27. The summed E-state index contributed by atoms with van der Waals surface area (Å²) >= 11 is 0. The normalized spacial score (nSPS) is 17.6. The van der Waals surface area contributed by atoms with E-state index in [9.17, 15) is 5.11 Å². The molecule has 4 rings (SSSR count). The maximum Gasteiger partial charge on any atom is 0.122 e. The van der Waals surface area contributed by atoms with Crippen LogP contribution in [0.4, 0.5) is 0 Å². The molecule has 2 heterocycles. The molecule has 1 N–H and O–H groups in total. The van der Waals surface area contributed by atoms with Crippen molar-refractivity contribution in [1.29, 1.82) is 0 Å². The molecule has 1 saturated heterocycles. The van der Waals surface area contributed by atoms with Gasteiger partial charge in [0.05, 0.1) is 12.8 Å². The maximum absolute atomic E-state index is 9.70. The third kappa shape index (κ3) is 5.04. The van der Waals surface area contributed by atoms with Crippen LogP contribution >= 0.6 is 0 Å². The molecule has 6 heteroatoms. The molecule has 0 aliphatic carbocycles. The first-order valence-electron chi connectivity index (χ1n) is 11.4. The Morgan fingerprint density at radius 2 is 1.84 bits per heavy atom. The van der Waals surface area contributed by atoms with E-state index < -0.39 is 0 Å². The van der Waals surface area contributed by atoms with Gasteiger partial charge in [-0.25, -0.2) is 4.68 Å². The van der Waals surface area contributed by atoms with Crippen molar-refractivity contribution in [2.45, 2.75) is 39.4 Å². The van der Waals surface area contributed by atoms with Gasteiger partial charge in [0.1, 0.15) is 5.75 Å². The highest BCUT2D eigenvalue weighted by Crippen LogP contribution is 2.26. The van der Waals surface area contributed by atoms with Gasteiger partial charge in [-0.05, 0) is 66.8 Å². The standard InChI is InChI=1S/C26H34N4O2/c1-20-21(2)26(32-3)10-7-23(20)18-29-15-14-28(19-25(29)11-16-31)17-22-5-8-24(9-6-22)30-13-4-12-27-30/h4-10,12-13,25,31H,11,14-19H2,1-3H3/t25-/m1/s1. The lowest BCUT2D eigenvalue weighted by atomic mass is 10.00. The lowest BCUT2D eigenvalue weighted by molar-refractivity contribution is 0.0498. The van der Waals surface area contributed by atoms with E-state index in [4.69, 9.17) is 4.74 Å². The van der Waals surface area contributed by atoms with E-state index in [2.05, 4.69) is 65.1 Å². The Bertz CT molecular complexity index is 1000. The lowest BCUT2D eigenvalue weighted by Crippen LogP contribution is -2.52. The Morgan fingerprint density at radius 1 is 1.03 bits per heavy atom. The molecule has 1 fully saturated rings. The summed E-state index contributed by atoms with van der Waals surface area (Å²) in [4.78, 5) is 5.04. The third-order valence-corrected chi connectivity index (χ3v) is 6.71. The number of aliphatic hydroxyl groups excluding tert-OH is 1. The molecule has 1 aliphatic heterocycles. The van der Waals surface area contributed by atoms with E-state index in [0.29, 0.717) is 6.04 Å². The van der Waals surface area contributed by atoms with Crippen molar-refractivity contribution in [3.63, 3.8) is 0 Å². The van der Waals surface area contributed by atoms with Gasteiger partial charge >= 0.3 is 0 Å². The molecule has 1 aromatic heterocycles. The largest absolute Gasteiger partial charge is 0.496 e. The van der Waals surface area contributed by atoms with E-state index in [1.165, 1.54) is 22.3 Å². The van der Waals surface area contributed by atoms with Gasteiger partial charge in [0.25, 0.3) is 0 Å². The average molecular weight is 435 g/mol. The fourth-order valence-corrected chi connectivity index (χ4v) is 4.63. The SMILES string of the molecule is COc1ccc(CN2CCN(Cc3ccc(-n4cccn4)cc3)C[C@H]2CCO)c(C)c1C. The monoisotopic (exact) mass is 434 g/mol. The summed E-state index contributed by atoms with van der Waals surface area (Å²) in [5, 5.41) is 14.0. The molecule has 0 unspecified atom stereocenters. The van der Waals surface area contributed by atoms with Crippen LogP contribution in [0.5, 0.6) is 5.75 Å². The molecule has 0 bridgehead atoms. The summed E-state index contributed by atoms with van der Waals surface area (Å²) in [7, 11) is 1.73. The fourth-order valence-electron chi connectivity index (χ4n) is 4.63. The van der Waals surface area contributed by atoms with Crippen molar-refractivity contribution in [1.82, 2.24) is 19.6 Å². The van der Waals surface area contributed by atoms with Gasteiger partial charge in [0.15, 0.2) is 0 Å². The highest BCUT2D eigenvalue weighted by molar-refractivity contribution is 5.43. The van der Waals surface area contributed by atoms with E-state index >= 15 is 0 Å². The molecule has 0 spiro atoms. The molecule has 1 atom stereocenters. The molecular formula is C26H34N4O2. The maximum atomic E-state index is 9.70. The predicted molar refractivity (Wildman–Crippen MR) is 127 cm³/mol. The van der Waals surface area contributed by atoms with Crippen molar-refractivity contribution in [3.05, 3.63) is 77.1 Å². The van der Waals surface area contributed by atoms with Gasteiger partial charge < -0.3 is 9.84 Å². The quantitative estimate of drug-likeness (QED) is 0.588. The van der Waals surface area contributed by atoms with E-state index in [-0.39, 0.29) is 6.61 Å². The lowest BCUT2D eigenvalue weighted by Gasteiger charge is -2.41. The molecular weight excluding hydrogens is 400 g/mol. The molecule has 6 nitrogen and oxygen atoms in total. The number of aromatic nitrogens is 2. The third-order valence-electron chi connectivity index (χ3n) is 6.71. The minimum absolute atomic E-state index is 0.216. The summed E-state index contributed by atoms with van der Waals surface area (Å²) < 4.78 is 7.35. The number of methoxy groups -OCH3 is 1. The van der Waals surface area contributed by atoms with Crippen LogP contribution in [-0.2, 0) is 13.1 Å². The summed E-state index contributed by atoms with van der Waals surface area (Å²) in [5.41, 5.74) is 6.23. The van der Waals surface area contributed by atoms with E-state index in [0.717, 1.165) is 50.6 Å². The first kappa shape index (κ1) is 22.5. The zero-order valence-electron chi connectivity index (χ0n) is 19.4. The molecule has 32 heavy (non-hydrogen) atoms. The number of benzene rings is 2. The van der Waals surface area contributed by atoms with Crippen LogP contribution in [0.25, 0.3) is 5.69 Å². The molecule has 0 saturated carbocycles. The summed E-state index contributed by atoms with van der Waals surface area (Å²) in [6.45, 7) is 9.35. The van der Waals surface area contributed by atoms with Crippen molar-refractivity contribution >= 4 is 0 Å². The first-order valence-corrected chi connectivity index (χ1v) is 11.4. The van der Waals surface area contributed by atoms with Gasteiger partial charge in [-0.15, -0.1) is 0 Å². The Morgan fingerprint density at radius 3 is 2.53 bits per heavy atom. The second-order valence-electron chi connectivity index (χ2n) is 8.67. The zero-order chi connectivity index (χ0) is 22.5. The van der Waals surface area contributed by atoms with Crippen molar-refractivity contribution < 1.29 is 9.84 Å². The topological polar surface area (TPSA) is 53.8 Å². The molecule has 170 valence electrons. The number of aliphatic hydroxyl groups is 1. The Hall–Kier alpha value is -2.67. The fraction of sp³-hybridized carbons (Fsp3) is 0.423. The average Bonchev–Trinajstić information content (AvgIpc) is 3.34. The second-order valence-corrected chi connectivity index (χ2v) is 8.67. The van der Waals surface area contributed by atoms with Crippen LogP contribution in [0.15, 0.2) is 54.9 Å². The van der Waals surface area contributed by atoms with Crippen molar-refractivity contribution in [2.75, 3.05) is 33.4 Å². The number of hydrogen-bond acceptors (Lipinski definition) is 5. The van der Waals surface area contributed by atoms with Crippen LogP contribution in [0.2, 0.25) is 0 Å². The minimum Gasteiger partial charge on any atom is -0.496 e. The van der Waals surface area contributed by atoms with Crippen LogP contribution in [0.1, 0.15) is 28.7 Å². The number of hydrogen-bond donors (Lipinski definition) is 1. The van der Waals surface area contributed by atoms with Crippen LogP contribution in [0, 0.1) is 13.8 Å². The Balaban J connectivity index is 1.40. The number of piperazine rings is 1. The predicted octanol–water partition coefficient (Wildman–Crippen LogP) is 3.57. The number of nitrogens with zero attached hydrogens (tertiary/aromatic N) is 4. The van der Waals surface area contributed by atoms with Gasteiger partial charge in [-0.2, -0.15) is 5.10 Å². The summed E-state index contributed by atoms with van der Waals surface area (Å²) in [6, 6.07) is 15.2.